The van der Waals surface area contributed by atoms with Crippen molar-refractivity contribution in [1.82, 2.24) is 10.6 Å². The molecule has 0 saturated carbocycles. The van der Waals surface area contributed by atoms with Crippen molar-refractivity contribution < 1.29 is 14.3 Å². The summed E-state index contributed by atoms with van der Waals surface area (Å²) >= 11 is 0. The van der Waals surface area contributed by atoms with Crippen LogP contribution in [0.15, 0.2) is 42.5 Å². The number of carbonyl (C=O) groups excluding carboxylic acids is 1. The van der Waals surface area contributed by atoms with Gasteiger partial charge < -0.3 is 20.1 Å². The fourth-order valence-corrected chi connectivity index (χ4v) is 2.90. The van der Waals surface area contributed by atoms with Crippen LogP contribution in [0.25, 0.3) is 0 Å². The lowest BCUT2D eigenvalue weighted by molar-refractivity contribution is 0.237. The van der Waals surface area contributed by atoms with E-state index < -0.39 is 0 Å². The lowest BCUT2D eigenvalue weighted by Crippen LogP contribution is -2.36. The summed E-state index contributed by atoms with van der Waals surface area (Å²) in [5, 5.41) is 5.87. The average molecular weight is 340 g/mol. The van der Waals surface area contributed by atoms with Gasteiger partial charge in [0.2, 0.25) is 0 Å². The van der Waals surface area contributed by atoms with Gasteiger partial charge in [0.15, 0.2) is 11.5 Å². The number of rotatable bonds is 4. The van der Waals surface area contributed by atoms with Gasteiger partial charge in [0.25, 0.3) is 0 Å². The molecular weight excluding hydrogens is 316 g/mol. The first kappa shape index (κ1) is 17.1. The zero-order chi connectivity index (χ0) is 17.6. The molecule has 0 bridgehead atoms. The molecule has 2 aromatic rings. The monoisotopic (exact) mass is 340 g/mol. The zero-order valence-electron chi connectivity index (χ0n) is 14.7. The van der Waals surface area contributed by atoms with Crippen LogP contribution >= 0.6 is 0 Å². The molecule has 0 fully saturated rings. The molecule has 1 heterocycles. The van der Waals surface area contributed by atoms with Crippen LogP contribution in [0, 0.1) is 6.92 Å². The first-order valence-corrected chi connectivity index (χ1v) is 8.62. The maximum absolute atomic E-state index is 12.2. The highest BCUT2D eigenvalue weighted by Crippen LogP contribution is 2.30. The van der Waals surface area contributed by atoms with Crippen molar-refractivity contribution in [3.05, 3.63) is 59.2 Å². The number of aryl methyl sites for hydroxylation is 1. The van der Waals surface area contributed by atoms with Crippen molar-refractivity contribution in [3.63, 3.8) is 0 Å². The summed E-state index contributed by atoms with van der Waals surface area (Å²) in [6.45, 7) is 5.78. The molecule has 0 aromatic heterocycles. The van der Waals surface area contributed by atoms with Crippen molar-refractivity contribution in [2.75, 3.05) is 13.2 Å². The van der Waals surface area contributed by atoms with Crippen LogP contribution in [0.1, 0.15) is 36.1 Å². The second-order valence-corrected chi connectivity index (χ2v) is 6.24. The third-order valence-corrected chi connectivity index (χ3v) is 4.27. The smallest absolute Gasteiger partial charge is 0.315 e. The predicted molar refractivity (Wildman–Crippen MR) is 97.0 cm³/mol. The van der Waals surface area contributed by atoms with Gasteiger partial charge in [-0.15, -0.1) is 0 Å². The number of hydrogen-bond acceptors (Lipinski definition) is 3. The van der Waals surface area contributed by atoms with E-state index in [2.05, 4.69) is 10.6 Å². The van der Waals surface area contributed by atoms with E-state index in [1.54, 1.807) is 0 Å². The lowest BCUT2D eigenvalue weighted by Gasteiger charge is -2.17. The predicted octanol–water partition coefficient (Wildman–Crippen LogP) is 3.72. The number of carbonyl (C=O) groups is 1. The molecule has 5 nitrogen and oxygen atoms in total. The van der Waals surface area contributed by atoms with E-state index in [9.17, 15) is 4.79 Å². The number of hydrogen-bond donors (Lipinski definition) is 2. The Morgan fingerprint density at radius 3 is 2.68 bits per heavy atom. The van der Waals surface area contributed by atoms with Crippen LogP contribution in [0.4, 0.5) is 4.79 Å². The Morgan fingerprint density at radius 1 is 1.12 bits per heavy atom. The molecule has 0 unspecified atom stereocenters. The Bertz CT molecular complexity index is 745. The first-order chi connectivity index (χ1) is 12.1. The highest BCUT2D eigenvalue weighted by molar-refractivity contribution is 5.74. The summed E-state index contributed by atoms with van der Waals surface area (Å²) in [7, 11) is 0. The van der Waals surface area contributed by atoms with Gasteiger partial charge >= 0.3 is 6.03 Å². The van der Waals surface area contributed by atoms with E-state index in [-0.39, 0.29) is 12.1 Å². The number of fused-ring (bicyclic) bond motifs is 1. The van der Waals surface area contributed by atoms with Gasteiger partial charge in [-0.25, -0.2) is 4.79 Å². The normalized spacial score (nSPS) is 14.3. The van der Waals surface area contributed by atoms with Crippen molar-refractivity contribution in [2.45, 2.75) is 32.9 Å². The summed E-state index contributed by atoms with van der Waals surface area (Å²) in [5.41, 5.74) is 3.26. The molecule has 132 valence electrons. The van der Waals surface area contributed by atoms with Crippen molar-refractivity contribution >= 4 is 6.03 Å². The summed E-state index contributed by atoms with van der Waals surface area (Å²) < 4.78 is 11.3. The topological polar surface area (TPSA) is 59.6 Å². The van der Waals surface area contributed by atoms with Crippen molar-refractivity contribution in [3.8, 4) is 11.5 Å². The van der Waals surface area contributed by atoms with E-state index in [4.69, 9.17) is 9.47 Å². The third-order valence-electron chi connectivity index (χ3n) is 4.27. The highest BCUT2D eigenvalue weighted by Gasteiger charge is 2.13. The standard InChI is InChI=1S/C20H24N2O3/c1-14-6-3-4-7-17(14)15(2)22-20(23)21-13-16-8-9-18-19(12-16)25-11-5-10-24-18/h3-4,6-9,12,15H,5,10-11,13H2,1-2H3,(H2,21,22,23)/t15-/m1/s1. The molecule has 0 spiro atoms. The molecule has 0 aliphatic carbocycles. The summed E-state index contributed by atoms with van der Waals surface area (Å²) in [5.74, 6) is 1.50. The van der Waals surface area contributed by atoms with Crippen LogP contribution in [0.3, 0.4) is 0 Å². The molecule has 25 heavy (non-hydrogen) atoms. The average Bonchev–Trinajstić information content (AvgIpc) is 2.85. The van der Waals surface area contributed by atoms with Gasteiger partial charge in [-0.1, -0.05) is 30.3 Å². The largest absolute Gasteiger partial charge is 0.490 e. The Kier molecular flexibility index (Phi) is 5.43. The molecule has 1 atom stereocenters. The first-order valence-electron chi connectivity index (χ1n) is 8.62. The molecule has 2 N–H and O–H groups in total. The molecule has 1 aliphatic heterocycles. The van der Waals surface area contributed by atoms with Crippen molar-refractivity contribution in [2.24, 2.45) is 0 Å². The number of benzene rings is 2. The van der Waals surface area contributed by atoms with Crippen LogP contribution in [0.5, 0.6) is 11.5 Å². The van der Waals surface area contributed by atoms with Gasteiger partial charge in [0.05, 0.1) is 19.3 Å². The quantitative estimate of drug-likeness (QED) is 0.892. The summed E-state index contributed by atoms with van der Waals surface area (Å²) in [6, 6.07) is 13.6. The molecular formula is C20H24N2O3. The lowest BCUT2D eigenvalue weighted by atomic mass is 10.0. The molecule has 2 amide bonds. The zero-order valence-corrected chi connectivity index (χ0v) is 14.7. The molecule has 1 aliphatic rings. The van der Waals surface area contributed by atoms with Crippen LogP contribution < -0.4 is 20.1 Å². The Morgan fingerprint density at radius 2 is 1.88 bits per heavy atom. The fourth-order valence-electron chi connectivity index (χ4n) is 2.90. The number of urea groups is 1. The van der Waals surface area contributed by atoms with Gasteiger partial charge in [0.1, 0.15) is 0 Å². The van der Waals surface area contributed by atoms with E-state index >= 15 is 0 Å². The maximum Gasteiger partial charge on any atom is 0.315 e. The SMILES string of the molecule is Cc1ccccc1[C@@H](C)NC(=O)NCc1ccc2c(c1)OCCCO2. The van der Waals surface area contributed by atoms with Crippen molar-refractivity contribution in [1.29, 1.82) is 0 Å². The third kappa shape index (κ3) is 4.44. The van der Waals surface area contributed by atoms with Gasteiger partial charge in [-0.2, -0.15) is 0 Å². The van der Waals surface area contributed by atoms with E-state index in [0.717, 1.165) is 29.0 Å². The van der Waals surface area contributed by atoms with Crippen LogP contribution in [-0.4, -0.2) is 19.2 Å². The highest BCUT2D eigenvalue weighted by atomic mass is 16.5. The second-order valence-electron chi connectivity index (χ2n) is 6.24. The minimum Gasteiger partial charge on any atom is -0.490 e. The minimum absolute atomic E-state index is 0.0509. The fraction of sp³-hybridized carbons (Fsp3) is 0.350. The van der Waals surface area contributed by atoms with E-state index in [1.807, 2.05) is 56.3 Å². The van der Waals surface area contributed by atoms with Crippen LogP contribution in [0.2, 0.25) is 0 Å². The molecule has 0 saturated heterocycles. The van der Waals surface area contributed by atoms with E-state index in [1.165, 1.54) is 5.56 Å². The van der Waals surface area contributed by atoms with Crippen LogP contribution in [-0.2, 0) is 6.54 Å². The summed E-state index contributed by atoms with van der Waals surface area (Å²) in [4.78, 5) is 12.2. The van der Waals surface area contributed by atoms with Gasteiger partial charge in [-0.3, -0.25) is 0 Å². The Hall–Kier alpha value is -2.69. The Labute approximate surface area is 148 Å². The number of nitrogens with one attached hydrogen (secondary N) is 2. The van der Waals surface area contributed by atoms with Gasteiger partial charge in [-0.05, 0) is 42.7 Å². The van der Waals surface area contributed by atoms with E-state index in [0.29, 0.717) is 19.8 Å². The molecule has 3 rings (SSSR count). The summed E-state index contributed by atoms with van der Waals surface area (Å²) in [6.07, 6.45) is 0.876. The Balaban J connectivity index is 1.55. The van der Waals surface area contributed by atoms with Gasteiger partial charge in [0, 0.05) is 13.0 Å². The minimum atomic E-state index is -0.192. The number of ether oxygens (including phenoxy) is 2. The molecule has 2 aromatic carbocycles. The molecule has 0 radical (unpaired) electrons. The second kappa shape index (κ2) is 7.92. The maximum atomic E-state index is 12.2. The molecule has 5 heteroatoms. The number of amides is 2.